The van der Waals surface area contributed by atoms with Crippen LogP contribution in [0.15, 0.2) is 24.8 Å². The molecule has 4 nitrogen and oxygen atoms in total. The van der Waals surface area contributed by atoms with Crippen LogP contribution in [0.3, 0.4) is 0 Å². The maximum Gasteiger partial charge on any atom is 0.864 e. The van der Waals surface area contributed by atoms with Gasteiger partial charge in [0.2, 0.25) is 58.2 Å². The molecule has 0 saturated carbocycles. The van der Waals surface area contributed by atoms with Crippen molar-refractivity contribution in [2.24, 2.45) is 0 Å². The van der Waals surface area contributed by atoms with Crippen molar-refractivity contribution in [3.05, 3.63) is 88.5 Å². The zero-order valence-corrected chi connectivity index (χ0v) is 19.5. The molecule has 0 atom stereocenters. The van der Waals surface area contributed by atoms with Gasteiger partial charge < -0.3 is 14.0 Å². The zero-order chi connectivity index (χ0) is 28.7. The summed E-state index contributed by atoms with van der Waals surface area (Å²) in [5.41, 5.74) is 0.729. The third kappa shape index (κ3) is 5.23. The van der Waals surface area contributed by atoms with Gasteiger partial charge in [0.15, 0.2) is 22.9 Å². The molecule has 0 amide bonds. The lowest BCUT2D eigenvalue weighted by molar-refractivity contribution is 0.259. The Kier molecular flexibility index (Phi) is 7.91. The summed E-state index contributed by atoms with van der Waals surface area (Å²) in [4.78, 5) is 0. The molecule has 0 unspecified atom stereocenters. The predicted molar refractivity (Wildman–Crippen MR) is 116 cm³/mol. The summed E-state index contributed by atoms with van der Waals surface area (Å²) >= 11 is 0. The van der Waals surface area contributed by atoms with Gasteiger partial charge in [0.05, 0.1) is 21.1 Å². The van der Waals surface area contributed by atoms with Gasteiger partial charge in [0.1, 0.15) is 0 Å². The number of hydrogen-bond acceptors (Lipinski definition) is 3. The van der Waals surface area contributed by atoms with E-state index < -0.39 is 77.0 Å². The van der Waals surface area contributed by atoms with Crippen molar-refractivity contribution in [1.82, 2.24) is 4.48 Å². The first kappa shape index (κ1) is 28.7. The lowest BCUT2D eigenvalue weighted by Gasteiger charge is -2.27. The summed E-state index contributed by atoms with van der Waals surface area (Å²) in [6.07, 6.45) is 1.41. The van der Waals surface area contributed by atoms with E-state index in [9.17, 15) is 43.9 Å². The van der Waals surface area contributed by atoms with E-state index in [-0.39, 0.29) is 15.9 Å². The standard InChI is InChI=1S/C23H15BF10NO3/c1-5-9-6-7-11(10(8-9)35(2,3)4)36-24(37-22-18(31)14(27)12(25)15(28)19(22)32)38-23-20(33)16(29)13(26)17(30)21(23)34/h5-8H,1H2,2-4H3/q+1. The minimum absolute atomic E-state index is 0.0607. The van der Waals surface area contributed by atoms with Gasteiger partial charge >= 0.3 is 7.32 Å². The average Bonchev–Trinajstić information content (AvgIpc) is 2.88. The maximum absolute atomic E-state index is 14.3. The van der Waals surface area contributed by atoms with E-state index >= 15 is 0 Å². The van der Waals surface area contributed by atoms with Crippen molar-refractivity contribution in [1.29, 1.82) is 0 Å². The van der Waals surface area contributed by atoms with Crippen LogP contribution in [0.25, 0.3) is 6.08 Å². The van der Waals surface area contributed by atoms with Crippen LogP contribution in [-0.4, -0.2) is 28.5 Å². The Morgan fingerprint density at radius 3 is 1.32 bits per heavy atom. The number of halogens is 10. The van der Waals surface area contributed by atoms with Crippen LogP contribution in [-0.2, 0) is 0 Å². The SMILES string of the molecule is C=Cc1ccc(OB(Oc2c(F)c(F)c(F)c(F)c2F)Oc2c(F)c(F)c(F)c(F)c2F)c([N+](C)(C)C)c1. The van der Waals surface area contributed by atoms with Crippen LogP contribution in [0.5, 0.6) is 17.2 Å². The largest absolute Gasteiger partial charge is 0.864 e. The fourth-order valence-corrected chi connectivity index (χ4v) is 3.03. The second-order valence-corrected chi connectivity index (χ2v) is 8.38. The van der Waals surface area contributed by atoms with Gasteiger partial charge in [-0.1, -0.05) is 18.7 Å². The van der Waals surface area contributed by atoms with Gasteiger partial charge in [-0.25, -0.2) is 26.3 Å². The fraction of sp³-hybridized carbons (Fsp3) is 0.130. The highest BCUT2D eigenvalue weighted by Gasteiger charge is 2.41. The van der Waals surface area contributed by atoms with Gasteiger partial charge in [-0.2, -0.15) is 17.6 Å². The normalized spacial score (nSPS) is 11.4. The lowest BCUT2D eigenvalue weighted by Crippen LogP contribution is -2.40. The van der Waals surface area contributed by atoms with E-state index in [1.54, 1.807) is 21.1 Å². The Morgan fingerprint density at radius 1 is 0.605 bits per heavy atom. The summed E-state index contributed by atoms with van der Waals surface area (Å²) < 4.78 is 153. The third-order valence-electron chi connectivity index (χ3n) is 4.93. The summed E-state index contributed by atoms with van der Waals surface area (Å²) in [6.45, 7) is 3.58. The minimum atomic E-state index is -2.86. The molecule has 15 heteroatoms. The van der Waals surface area contributed by atoms with E-state index in [0.29, 0.717) is 5.56 Å². The lowest BCUT2D eigenvalue weighted by atomic mass is 10.1. The molecule has 0 heterocycles. The molecular weight excluding hydrogens is 539 g/mol. The number of nitrogens with zero attached hydrogens (tertiary/aromatic N) is 1. The predicted octanol–water partition coefficient (Wildman–Crippen LogP) is 6.44. The highest BCUT2D eigenvalue weighted by Crippen LogP contribution is 2.36. The topological polar surface area (TPSA) is 27.7 Å². The quantitative estimate of drug-likeness (QED) is 0.106. The van der Waals surface area contributed by atoms with Crippen molar-refractivity contribution in [3.63, 3.8) is 0 Å². The fourth-order valence-electron chi connectivity index (χ4n) is 3.03. The van der Waals surface area contributed by atoms with Gasteiger partial charge in [-0.3, -0.25) is 4.48 Å². The average molecular weight is 554 g/mol. The minimum Gasteiger partial charge on any atom is -0.484 e. The number of benzene rings is 3. The first-order valence-corrected chi connectivity index (χ1v) is 10.2. The summed E-state index contributed by atoms with van der Waals surface area (Å²) in [5, 5.41) is 0. The molecule has 3 aromatic carbocycles. The molecule has 0 aliphatic carbocycles. The Balaban J connectivity index is 2.20. The van der Waals surface area contributed by atoms with Crippen LogP contribution >= 0.6 is 0 Å². The first-order chi connectivity index (χ1) is 17.6. The second kappa shape index (κ2) is 10.5. The summed E-state index contributed by atoms with van der Waals surface area (Å²) in [5.74, 6) is -29.5. The van der Waals surface area contributed by atoms with Gasteiger partial charge in [-0.15, -0.1) is 0 Å². The Hall–Kier alpha value is -3.88. The van der Waals surface area contributed by atoms with Gasteiger partial charge in [0, 0.05) is 6.07 Å². The molecule has 202 valence electrons. The monoisotopic (exact) mass is 554 g/mol. The molecule has 0 spiro atoms. The molecule has 0 aliphatic rings. The van der Waals surface area contributed by atoms with E-state index in [4.69, 9.17) is 4.65 Å². The molecule has 0 saturated heterocycles. The Labute approximate surface area is 209 Å². The van der Waals surface area contributed by atoms with Crippen LogP contribution < -0.4 is 18.4 Å². The van der Waals surface area contributed by atoms with Crippen molar-refractivity contribution in [2.45, 2.75) is 0 Å². The molecule has 0 bridgehead atoms. The Bertz CT molecular complexity index is 1300. The first-order valence-electron chi connectivity index (χ1n) is 10.2. The van der Waals surface area contributed by atoms with Crippen molar-refractivity contribution >= 4 is 19.1 Å². The number of hydrogen-bond donors (Lipinski definition) is 0. The molecule has 0 aliphatic heterocycles. The highest BCUT2D eigenvalue weighted by molar-refractivity contribution is 6.39. The van der Waals surface area contributed by atoms with Gasteiger partial charge in [0.25, 0.3) is 0 Å². The molecule has 0 aromatic heterocycles. The van der Waals surface area contributed by atoms with E-state index in [0.717, 1.165) is 0 Å². The van der Waals surface area contributed by atoms with E-state index in [1.807, 2.05) is 0 Å². The van der Waals surface area contributed by atoms with E-state index in [1.165, 1.54) is 24.3 Å². The molecule has 3 rings (SSSR count). The number of quaternary nitrogens is 1. The molecule has 0 fully saturated rings. The van der Waals surface area contributed by atoms with Crippen LogP contribution in [0.4, 0.5) is 49.6 Å². The van der Waals surface area contributed by atoms with Crippen LogP contribution in [0.2, 0.25) is 0 Å². The molecule has 3 aromatic rings. The van der Waals surface area contributed by atoms with Crippen LogP contribution in [0.1, 0.15) is 5.56 Å². The van der Waals surface area contributed by atoms with E-state index in [2.05, 4.69) is 15.9 Å². The molecule has 0 N–H and O–H groups in total. The highest BCUT2D eigenvalue weighted by atomic mass is 19.2. The maximum atomic E-state index is 14.3. The smallest absolute Gasteiger partial charge is 0.484 e. The van der Waals surface area contributed by atoms with Crippen molar-refractivity contribution in [3.8, 4) is 17.2 Å². The Morgan fingerprint density at radius 2 is 0.974 bits per heavy atom. The van der Waals surface area contributed by atoms with Crippen molar-refractivity contribution < 1.29 is 57.9 Å². The summed E-state index contributed by atoms with van der Waals surface area (Å²) in [6, 6.07) is 4.03. The van der Waals surface area contributed by atoms with Crippen LogP contribution in [0, 0.1) is 58.2 Å². The number of rotatable bonds is 8. The van der Waals surface area contributed by atoms with Crippen molar-refractivity contribution in [2.75, 3.05) is 21.1 Å². The molecular formula is C23H15BF10NO3+. The molecule has 38 heavy (non-hydrogen) atoms. The zero-order valence-electron chi connectivity index (χ0n) is 19.5. The molecule has 0 radical (unpaired) electrons. The summed E-state index contributed by atoms with van der Waals surface area (Å²) in [7, 11) is 1.93. The van der Waals surface area contributed by atoms with Gasteiger partial charge in [-0.05, 0) is 11.6 Å². The second-order valence-electron chi connectivity index (χ2n) is 8.38. The third-order valence-corrected chi connectivity index (χ3v) is 4.93.